The van der Waals surface area contributed by atoms with Crippen molar-refractivity contribution in [2.75, 3.05) is 12.4 Å². The molecule has 22 heavy (non-hydrogen) atoms. The highest BCUT2D eigenvalue weighted by molar-refractivity contribution is 9.10. The first-order valence-corrected chi connectivity index (χ1v) is 7.32. The van der Waals surface area contributed by atoms with Crippen molar-refractivity contribution in [3.63, 3.8) is 0 Å². The lowest BCUT2D eigenvalue weighted by molar-refractivity contribution is -0.105. The number of carbonyl (C=O) groups excluding carboxylic acids is 2. The summed E-state index contributed by atoms with van der Waals surface area (Å²) in [4.78, 5) is 22.1. The van der Waals surface area contributed by atoms with Gasteiger partial charge < -0.3 is 16.0 Å². The van der Waals surface area contributed by atoms with Crippen LogP contribution >= 0.6 is 15.9 Å². The molecule has 0 fully saturated rings. The minimum absolute atomic E-state index is 0.404. The Kier molecular flexibility index (Phi) is 7.70. The summed E-state index contributed by atoms with van der Waals surface area (Å²) in [5.41, 5.74) is 6.96. The van der Waals surface area contributed by atoms with E-state index < -0.39 is 6.03 Å². The van der Waals surface area contributed by atoms with Crippen molar-refractivity contribution in [3.8, 4) is 0 Å². The van der Waals surface area contributed by atoms with Crippen LogP contribution in [0.25, 0.3) is 0 Å². The number of halogens is 1. The maximum atomic E-state index is 10.7. The molecule has 0 aliphatic carbocycles. The number of hydrogen-bond acceptors (Lipinski definition) is 2. The summed E-state index contributed by atoms with van der Waals surface area (Å²) in [5.74, 6) is 0. The maximum absolute atomic E-state index is 10.7. The minimum atomic E-state index is -0.404. The number of hydrogen-bond donors (Lipinski definition) is 2. The molecule has 5 nitrogen and oxygen atoms in total. The molecule has 0 spiro atoms. The van der Waals surface area contributed by atoms with Gasteiger partial charge in [0.2, 0.25) is 6.41 Å². The topological polar surface area (TPSA) is 75.4 Å². The third-order valence-corrected chi connectivity index (χ3v) is 3.24. The van der Waals surface area contributed by atoms with Crippen LogP contribution in [0.4, 0.5) is 10.5 Å². The van der Waals surface area contributed by atoms with Crippen LogP contribution in [0.1, 0.15) is 5.56 Å². The fourth-order valence-corrected chi connectivity index (χ4v) is 1.81. The molecule has 0 bridgehead atoms. The fraction of sp³-hybridized carbons (Fsp3) is 0.125. The van der Waals surface area contributed by atoms with Crippen LogP contribution in [0.5, 0.6) is 0 Å². The van der Waals surface area contributed by atoms with Gasteiger partial charge in [0.05, 0.1) is 0 Å². The van der Waals surface area contributed by atoms with Gasteiger partial charge in [-0.15, -0.1) is 0 Å². The molecular weight excluding hydrogens is 346 g/mol. The number of rotatable bonds is 4. The molecule has 2 aromatic carbocycles. The molecule has 0 aromatic heterocycles. The number of amides is 3. The normalized spacial score (nSPS) is 9.18. The maximum Gasteiger partial charge on any atom is 0.314 e. The Morgan fingerprint density at radius 2 is 1.77 bits per heavy atom. The van der Waals surface area contributed by atoms with Crippen LogP contribution in [-0.4, -0.2) is 24.4 Å². The average Bonchev–Trinajstić information content (AvgIpc) is 2.51. The van der Waals surface area contributed by atoms with E-state index in [1.807, 2.05) is 54.6 Å². The Morgan fingerprint density at radius 3 is 2.27 bits per heavy atom. The highest BCUT2D eigenvalue weighted by atomic mass is 79.9. The molecular formula is C16H18BrN3O2. The van der Waals surface area contributed by atoms with Gasteiger partial charge in [-0.3, -0.25) is 4.79 Å². The van der Waals surface area contributed by atoms with Crippen LogP contribution in [0, 0.1) is 0 Å². The Bertz CT molecular complexity index is 588. The molecule has 0 radical (unpaired) electrons. The Morgan fingerprint density at radius 1 is 1.18 bits per heavy atom. The lowest BCUT2D eigenvalue weighted by Crippen LogP contribution is -2.31. The second kappa shape index (κ2) is 9.57. The number of nitrogens with zero attached hydrogens (tertiary/aromatic N) is 1. The molecule has 2 rings (SSSR count). The number of benzene rings is 2. The molecule has 0 unspecified atom stereocenters. The zero-order chi connectivity index (χ0) is 16.4. The highest BCUT2D eigenvalue weighted by Gasteiger charge is 2.02. The molecule has 2 aromatic rings. The van der Waals surface area contributed by atoms with E-state index in [1.165, 1.54) is 4.90 Å². The Hall–Kier alpha value is -2.34. The van der Waals surface area contributed by atoms with Crippen molar-refractivity contribution in [3.05, 3.63) is 64.6 Å². The zero-order valence-electron chi connectivity index (χ0n) is 12.2. The molecule has 0 heterocycles. The van der Waals surface area contributed by atoms with E-state index in [0.29, 0.717) is 13.0 Å². The number of nitrogens with one attached hydrogen (secondary N) is 1. The molecule has 0 aliphatic heterocycles. The summed E-state index contributed by atoms with van der Waals surface area (Å²) < 4.78 is 1.00. The second-order valence-electron chi connectivity index (χ2n) is 4.45. The van der Waals surface area contributed by atoms with Crippen molar-refractivity contribution in [1.82, 2.24) is 4.90 Å². The highest BCUT2D eigenvalue weighted by Crippen LogP contribution is 2.12. The van der Waals surface area contributed by atoms with E-state index >= 15 is 0 Å². The van der Waals surface area contributed by atoms with Crippen LogP contribution in [0.2, 0.25) is 0 Å². The van der Waals surface area contributed by atoms with Gasteiger partial charge in [-0.2, -0.15) is 0 Å². The van der Waals surface area contributed by atoms with E-state index in [4.69, 9.17) is 5.73 Å². The van der Waals surface area contributed by atoms with Gasteiger partial charge in [0, 0.05) is 23.8 Å². The molecule has 6 heteroatoms. The predicted molar refractivity (Wildman–Crippen MR) is 91.3 cm³/mol. The summed E-state index contributed by atoms with van der Waals surface area (Å²) in [6, 6.07) is 16.7. The monoisotopic (exact) mass is 363 g/mol. The quantitative estimate of drug-likeness (QED) is 0.818. The van der Waals surface area contributed by atoms with E-state index in [9.17, 15) is 9.59 Å². The predicted octanol–water partition coefficient (Wildman–Crippen LogP) is 3.21. The zero-order valence-corrected chi connectivity index (χ0v) is 13.8. The number of urea groups is 1. The van der Waals surface area contributed by atoms with Crippen LogP contribution in [-0.2, 0) is 11.3 Å². The van der Waals surface area contributed by atoms with E-state index in [-0.39, 0.29) is 0 Å². The van der Waals surface area contributed by atoms with Gasteiger partial charge in [-0.25, -0.2) is 4.79 Å². The smallest absolute Gasteiger partial charge is 0.314 e. The number of primary amides is 1. The number of nitrogens with two attached hydrogens (primary N) is 1. The lowest BCUT2D eigenvalue weighted by atomic mass is 10.2. The van der Waals surface area contributed by atoms with Gasteiger partial charge in [-0.05, 0) is 29.8 Å². The van der Waals surface area contributed by atoms with Crippen molar-refractivity contribution >= 4 is 34.1 Å². The summed E-state index contributed by atoms with van der Waals surface area (Å²) in [5, 5.41) is 2.53. The first-order chi connectivity index (χ1) is 10.5. The van der Waals surface area contributed by atoms with Gasteiger partial charge in [0.25, 0.3) is 0 Å². The molecule has 116 valence electrons. The molecule has 0 saturated heterocycles. The second-order valence-corrected chi connectivity index (χ2v) is 5.36. The minimum Gasteiger partial charge on any atom is -0.351 e. The van der Waals surface area contributed by atoms with E-state index in [1.54, 1.807) is 7.05 Å². The molecule has 3 N–H and O–H groups in total. The van der Waals surface area contributed by atoms with Crippen molar-refractivity contribution < 1.29 is 9.59 Å². The molecule has 3 amide bonds. The van der Waals surface area contributed by atoms with Crippen molar-refractivity contribution in [2.45, 2.75) is 6.54 Å². The van der Waals surface area contributed by atoms with Gasteiger partial charge in [0.15, 0.2) is 0 Å². The van der Waals surface area contributed by atoms with Gasteiger partial charge in [0.1, 0.15) is 0 Å². The third-order valence-electron chi connectivity index (χ3n) is 2.71. The van der Waals surface area contributed by atoms with E-state index in [2.05, 4.69) is 21.2 Å². The summed E-state index contributed by atoms with van der Waals surface area (Å²) in [6.07, 6.45) is 0.656. The van der Waals surface area contributed by atoms with E-state index in [0.717, 1.165) is 15.7 Å². The summed E-state index contributed by atoms with van der Waals surface area (Å²) in [6.45, 7) is 0.566. The number of carbonyl (C=O) groups is 2. The third kappa shape index (κ3) is 6.90. The summed E-state index contributed by atoms with van der Waals surface area (Å²) in [7, 11) is 1.68. The summed E-state index contributed by atoms with van der Waals surface area (Å²) >= 11 is 3.28. The van der Waals surface area contributed by atoms with Crippen LogP contribution < -0.4 is 11.1 Å². The largest absolute Gasteiger partial charge is 0.351 e. The molecule has 0 saturated carbocycles. The Balaban J connectivity index is 0.000000224. The number of anilines is 1. The van der Waals surface area contributed by atoms with Crippen molar-refractivity contribution in [2.24, 2.45) is 5.73 Å². The van der Waals surface area contributed by atoms with Crippen LogP contribution in [0.15, 0.2) is 59.1 Å². The standard InChI is InChI=1S/C9H12N2O.C7H6BrNO/c1-11(9(10)12)7-8-5-3-2-4-6-8;8-6-1-3-7(4-2-6)9-5-10/h2-6H,7H2,1H3,(H2,10,12);1-5H,(H,9,10). The first-order valence-electron chi connectivity index (χ1n) is 6.53. The SMILES string of the molecule is CN(Cc1ccccc1)C(N)=O.O=CNc1ccc(Br)cc1. The fourth-order valence-electron chi connectivity index (χ4n) is 1.55. The molecule has 0 atom stereocenters. The van der Waals surface area contributed by atoms with Crippen molar-refractivity contribution in [1.29, 1.82) is 0 Å². The van der Waals surface area contributed by atoms with Gasteiger partial charge in [-0.1, -0.05) is 46.3 Å². The molecule has 0 aliphatic rings. The van der Waals surface area contributed by atoms with Crippen LogP contribution in [0.3, 0.4) is 0 Å². The average molecular weight is 364 g/mol. The Labute approximate surface area is 138 Å². The van der Waals surface area contributed by atoms with Gasteiger partial charge >= 0.3 is 6.03 Å². The lowest BCUT2D eigenvalue weighted by Gasteiger charge is -2.13. The first kappa shape index (κ1) is 17.7.